The highest BCUT2D eigenvalue weighted by Crippen LogP contribution is 2.44. The quantitative estimate of drug-likeness (QED) is 0.421. The van der Waals surface area contributed by atoms with Gasteiger partial charge < -0.3 is 10.2 Å². The number of rotatable bonds is 5. The molecule has 3 aromatic rings. The highest BCUT2D eigenvalue weighted by atomic mass is 16.6. The third kappa shape index (κ3) is 3.89. The molecule has 1 heterocycles. The van der Waals surface area contributed by atoms with E-state index in [9.17, 15) is 14.9 Å². The first-order chi connectivity index (χ1) is 15.0. The van der Waals surface area contributed by atoms with Crippen LogP contribution in [0.5, 0.6) is 0 Å². The predicted octanol–water partition coefficient (Wildman–Crippen LogP) is 5.82. The summed E-state index contributed by atoms with van der Waals surface area (Å²) in [7, 11) is 0. The van der Waals surface area contributed by atoms with Gasteiger partial charge in [-0.05, 0) is 42.3 Å². The number of para-hydroxylation sites is 2. The lowest BCUT2D eigenvalue weighted by Crippen LogP contribution is -2.50. The maximum atomic E-state index is 13.6. The van der Waals surface area contributed by atoms with E-state index in [1.165, 1.54) is 24.3 Å². The van der Waals surface area contributed by atoms with Gasteiger partial charge in [0.15, 0.2) is 0 Å². The summed E-state index contributed by atoms with van der Waals surface area (Å²) in [6.07, 6.45) is 0.793. The summed E-state index contributed by atoms with van der Waals surface area (Å²) in [6.45, 7) is 4.26. The number of fused-ring (bicyclic) bond motifs is 1. The zero-order valence-electron chi connectivity index (χ0n) is 17.6. The molecular formula is C25H25N3O3. The van der Waals surface area contributed by atoms with Crippen LogP contribution in [0.15, 0.2) is 78.9 Å². The Kier molecular flexibility index (Phi) is 5.71. The third-order valence-corrected chi connectivity index (χ3v) is 6.05. The molecule has 3 aromatic carbocycles. The molecule has 0 saturated heterocycles. The van der Waals surface area contributed by atoms with E-state index in [-0.39, 0.29) is 29.6 Å². The van der Waals surface area contributed by atoms with E-state index in [4.69, 9.17) is 0 Å². The lowest BCUT2D eigenvalue weighted by molar-refractivity contribution is -0.384. The van der Waals surface area contributed by atoms with Crippen molar-refractivity contribution in [3.63, 3.8) is 0 Å². The number of amides is 1. The fourth-order valence-electron chi connectivity index (χ4n) is 4.49. The first-order valence-electron chi connectivity index (χ1n) is 10.5. The van der Waals surface area contributed by atoms with E-state index in [0.717, 1.165) is 23.4 Å². The number of benzene rings is 3. The van der Waals surface area contributed by atoms with Crippen LogP contribution in [0.4, 0.5) is 17.1 Å². The molecule has 0 radical (unpaired) electrons. The van der Waals surface area contributed by atoms with Crippen LogP contribution in [-0.4, -0.2) is 16.9 Å². The van der Waals surface area contributed by atoms with Gasteiger partial charge in [-0.3, -0.25) is 14.9 Å². The van der Waals surface area contributed by atoms with E-state index < -0.39 is 4.92 Å². The molecule has 1 aliphatic heterocycles. The van der Waals surface area contributed by atoms with Crippen LogP contribution in [0.25, 0.3) is 0 Å². The van der Waals surface area contributed by atoms with Crippen LogP contribution in [0.3, 0.4) is 0 Å². The third-order valence-electron chi connectivity index (χ3n) is 6.05. The minimum Gasteiger partial charge on any atom is -0.378 e. The molecule has 31 heavy (non-hydrogen) atoms. The number of nitro benzene ring substituents is 1. The molecule has 0 fully saturated rings. The first kappa shape index (κ1) is 20.6. The van der Waals surface area contributed by atoms with Gasteiger partial charge in [0.1, 0.15) is 0 Å². The second-order valence-electron chi connectivity index (χ2n) is 7.86. The zero-order chi connectivity index (χ0) is 22.0. The summed E-state index contributed by atoms with van der Waals surface area (Å²) in [5, 5.41) is 14.6. The molecule has 0 aliphatic carbocycles. The zero-order valence-corrected chi connectivity index (χ0v) is 17.6. The van der Waals surface area contributed by atoms with Crippen molar-refractivity contribution in [1.29, 1.82) is 0 Å². The van der Waals surface area contributed by atoms with Gasteiger partial charge in [0.05, 0.1) is 11.0 Å². The number of non-ortho nitro benzene ring substituents is 1. The molecule has 0 aromatic heterocycles. The summed E-state index contributed by atoms with van der Waals surface area (Å²) >= 11 is 0. The molecule has 6 nitrogen and oxygen atoms in total. The van der Waals surface area contributed by atoms with Crippen LogP contribution >= 0.6 is 0 Å². The topological polar surface area (TPSA) is 75.5 Å². The van der Waals surface area contributed by atoms with Crippen molar-refractivity contribution in [3.8, 4) is 0 Å². The highest BCUT2D eigenvalue weighted by Gasteiger charge is 2.40. The molecule has 1 aliphatic rings. The summed E-state index contributed by atoms with van der Waals surface area (Å²) < 4.78 is 0. The lowest BCUT2D eigenvalue weighted by atomic mass is 9.80. The number of carbonyl (C=O) groups excluding carboxylic acids is 1. The van der Waals surface area contributed by atoms with Crippen LogP contribution in [0.1, 0.15) is 42.2 Å². The first-order valence-corrected chi connectivity index (χ1v) is 10.5. The Bertz CT molecular complexity index is 1080. The van der Waals surface area contributed by atoms with Crippen molar-refractivity contribution in [3.05, 3.63) is 100 Å². The number of nitrogens with one attached hydrogen (secondary N) is 1. The second kappa shape index (κ2) is 8.60. The summed E-state index contributed by atoms with van der Waals surface area (Å²) in [6, 6.07) is 23.9. The van der Waals surface area contributed by atoms with E-state index in [1.807, 2.05) is 53.4 Å². The Balaban J connectivity index is 1.74. The highest BCUT2D eigenvalue weighted by molar-refractivity contribution is 6.07. The summed E-state index contributed by atoms with van der Waals surface area (Å²) in [5.41, 5.74) is 3.41. The van der Waals surface area contributed by atoms with Crippen molar-refractivity contribution in [2.24, 2.45) is 5.92 Å². The lowest BCUT2D eigenvalue weighted by Gasteiger charge is -2.45. The Labute approximate surface area is 181 Å². The molecule has 0 bridgehead atoms. The van der Waals surface area contributed by atoms with Crippen molar-refractivity contribution in [2.45, 2.75) is 32.4 Å². The monoisotopic (exact) mass is 415 g/mol. The van der Waals surface area contributed by atoms with Crippen LogP contribution in [0, 0.1) is 16.0 Å². The number of hydrogen-bond donors (Lipinski definition) is 1. The van der Waals surface area contributed by atoms with Crippen molar-refractivity contribution >= 4 is 23.0 Å². The molecule has 0 spiro atoms. The Morgan fingerprint density at radius 1 is 1.00 bits per heavy atom. The van der Waals surface area contributed by atoms with Crippen LogP contribution in [-0.2, 0) is 0 Å². The largest absolute Gasteiger partial charge is 0.378 e. The average molecular weight is 415 g/mol. The molecule has 1 N–H and O–H groups in total. The van der Waals surface area contributed by atoms with Crippen molar-refractivity contribution < 1.29 is 9.72 Å². The number of nitrogens with zero attached hydrogens (tertiary/aromatic N) is 2. The molecule has 0 saturated carbocycles. The van der Waals surface area contributed by atoms with Gasteiger partial charge in [0.25, 0.3) is 11.6 Å². The predicted molar refractivity (Wildman–Crippen MR) is 122 cm³/mol. The Hall–Kier alpha value is -3.67. The molecule has 3 atom stereocenters. The summed E-state index contributed by atoms with van der Waals surface area (Å²) in [4.78, 5) is 25.9. The van der Waals surface area contributed by atoms with Crippen molar-refractivity contribution in [1.82, 2.24) is 0 Å². The van der Waals surface area contributed by atoms with Crippen LogP contribution < -0.4 is 10.2 Å². The van der Waals surface area contributed by atoms with Gasteiger partial charge in [0.2, 0.25) is 0 Å². The molecule has 0 unspecified atom stereocenters. The van der Waals surface area contributed by atoms with Gasteiger partial charge in [-0.1, -0.05) is 50.2 Å². The Morgan fingerprint density at radius 2 is 1.65 bits per heavy atom. The van der Waals surface area contributed by atoms with Gasteiger partial charge in [-0.2, -0.15) is 0 Å². The average Bonchev–Trinajstić information content (AvgIpc) is 2.80. The van der Waals surface area contributed by atoms with Gasteiger partial charge in [-0.15, -0.1) is 0 Å². The SMILES string of the molecule is CC[C@H]1[C@H](C)[C@@H](Nc2ccccc2)c2ccccc2N1C(=O)c1ccc([N+](=O)[O-])cc1. The molecular weight excluding hydrogens is 390 g/mol. The smallest absolute Gasteiger partial charge is 0.269 e. The maximum Gasteiger partial charge on any atom is 0.269 e. The van der Waals surface area contributed by atoms with E-state index in [2.05, 4.69) is 25.2 Å². The molecule has 6 heteroatoms. The number of hydrogen-bond acceptors (Lipinski definition) is 4. The van der Waals surface area contributed by atoms with Gasteiger partial charge >= 0.3 is 0 Å². The second-order valence-corrected chi connectivity index (χ2v) is 7.86. The minimum atomic E-state index is -0.457. The van der Waals surface area contributed by atoms with Crippen molar-refractivity contribution in [2.75, 3.05) is 10.2 Å². The number of anilines is 2. The van der Waals surface area contributed by atoms with E-state index >= 15 is 0 Å². The summed E-state index contributed by atoms with van der Waals surface area (Å²) in [5.74, 6) is 0.0151. The maximum absolute atomic E-state index is 13.6. The normalized spacial score (nSPS) is 20.1. The fourth-order valence-corrected chi connectivity index (χ4v) is 4.49. The van der Waals surface area contributed by atoms with Gasteiger partial charge in [0, 0.05) is 41.0 Å². The molecule has 158 valence electrons. The fraction of sp³-hybridized carbons (Fsp3) is 0.240. The van der Waals surface area contributed by atoms with Gasteiger partial charge in [-0.25, -0.2) is 0 Å². The van der Waals surface area contributed by atoms with E-state index in [1.54, 1.807) is 0 Å². The number of carbonyl (C=O) groups is 1. The van der Waals surface area contributed by atoms with E-state index in [0.29, 0.717) is 5.56 Å². The standard InChI is InChI=1S/C25H25N3O3/c1-3-22-17(2)24(26-19-9-5-4-6-10-19)21-11-7-8-12-23(21)27(22)25(29)18-13-15-20(16-14-18)28(30)31/h4-17,22,24,26H,3H2,1-2H3/t17-,22-,24+/m0/s1. The molecule has 1 amide bonds. The number of nitro groups is 1. The minimum absolute atomic E-state index is 0.0150. The van der Waals surface area contributed by atoms with Crippen LogP contribution in [0.2, 0.25) is 0 Å². The molecule has 4 rings (SSSR count). The Morgan fingerprint density at radius 3 is 2.29 bits per heavy atom.